The summed E-state index contributed by atoms with van der Waals surface area (Å²) >= 11 is 4.87. The molecule has 0 aromatic carbocycles. The molecule has 7 heteroatoms. The molecule has 52 valence electrons. The van der Waals surface area contributed by atoms with Crippen LogP contribution in [-0.4, -0.2) is 40.0 Å². The summed E-state index contributed by atoms with van der Waals surface area (Å²) in [5.74, 6) is 0. The molecule has 0 heterocycles. The van der Waals surface area contributed by atoms with Crippen LogP contribution in [0.25, 0.3) is 11.5 Å². The van der Waals surface area contributed by atoms with Gasteiger partial charge in [0.2, 0.25) is 0 Å². The third kappa shape index (κ3) is 395. The number of nitrogens with one attached hydrogen (secondary N) is 4. The number of hydrogen-bond acceptors (Lipinski definition) is 2. The Balaban J connectivity index is -0.0000000202. The smallest absolute Gasteiger partial charge is 0.489 e. The Morgan fingerprint density at radius 1 is 1.11 bits per heavy atom. The summed E-state index contributed by atoms with van der Waals surface area (Å²) in [6, 6.07) is 0. The fraction of sp³-hybridized carbons (Fsp3) is 0. The van der Waals surface area contributed by atoms with Gasteiger partial charge in [-0.3, -0.25) is 0 Å². The molecule has 2 radical (unpaired) electrons. The topological polar surface area (TPSA) is 95.3 Å². The predicted molar refractivity (Wildman–Crippen MR) is 54.9 cm³/mol. The van der Waals surface area contributed by atoms with Gasteiger partial charge in [0.15, 0.2) is 0 Å². The van der Waals surface area contributed by atoms with Gasteiger partial charge in [0.05, 0.1) is 0 Å². The van der Waals surface area contributed by atoms with Gasteiger partial charge in [0.1, 0.15) is 0 Å². The molecule has 0 saturated heterocycles. The molecule has 0 amide bonds. The maximum Gasteiger partial charge on any atom is 2.00 e. The van der Waals surface area contributed by atoms with Crippen molar-refractivity contribution in [2.75, 3.05) is 0 Å². The Bertz CT molecular complexity index is 39.5. The average molecular weight is 500 g/mol. The average Bonchev–Trinajstić information content (AvgIpc) is 1.75. The van der Waals surface area contributed by atoms with Gasteiger partial charge in [0.25, 0.3) is 0 Å². The van der Waals surface area contributed by atoms with Gasteiger partial charge in [-0.2, -0.15) is 0 Å². The first-order chi connectivity index (χ1) is 3.83. The molecule has 0 atom stereocenters. The van der Waals surface area contributed by atoms with Gasteiger partial charge in [-0.1, -0.05) is 0 Å². The maximum atomic E-state index is 5.75. The van der Waals surface area contributed by atoms with Crippen molar-refractivity contribution < 1.29 is 0 Å². The van der Waals surface area contributed by atoms with Gasteiger partial charge in [-0.25, -0.2) is 0 Å². The minimum absolute atomic E-state index is 0. The van der Waals surface area contributed by atoms with Gasteiger partial charge < -0.3 is 22.3 Å². The standard InChI is InChI=1S/2CH3N2.BrI.Pb/c2*2-1-3;1-2;/h2*1H,(H2-,2,3);;/q2*-1;;+2. The van der Waals surface area contributed by atoms with Gasteiger partial charge in [-0.15, -0.1) is 12.7 Å². The fourth-order valence-corrected chi connectivity index (χ4v) is 0. The number of rotatable bonds is 0. The molecule has 0 spiro atoms. The number of halogens is 2. The molecule has 4 nitrogen and oxygen atoms in total. The second-order valence-corrected chi connectivity index (χ2v) is 0.289. The summed E-state index contributed by atoms with van der Waals surface area (Å²) in [4.78, 5) is 0. The minimum atomic E-state index is 0. The summed E-state index contributed by atoms with van der Waals surface area (Å²) in [6.45, 7) is 0. The Hall–Kier alpha value is 1.07. The monoisotopic (exact) mass is 500 g/mol. The second kappa shape index (κ2) is 62.6. The van der Waals surface area contributed by atoms with E-state index in [0.29, 0.717) is 12.7 Å². The minimum Gasteiger partial charge on any atom is -0.489 e. The van der Waals surface area contributed by atoms with E-state index in [0.717, 1.165) is 0 Å². The Labute approximate surface area is 94.2 Å². The van der Waals surface area contributed by atoms with E-state index < -0.39 is 0 Å². The van der Waals surface area contributed by atoms with E-state index in [2.05, 4.69) is 12.7 Å². The normalized spacial score (nSPS) is 3.33. The SMILES string of the molecule is BrI.N=C[NH-].N=C[NH-].[Pb+2]. The molecule has 0 aliphatic carbocycles. The Morgan fingerprint density at radius 3 is 1.11 bits per heavy atom. The largest absolute Gasteiger partial charge is 2.00 e. The van der Waals surface area contributed by atoms with Crippen LogP contribution in [0.3, 0.4) is 0 Å². The van der Waals surface area contributed by atoms with Crippen LogP contribution >= 0.6 is 33.1 Å². The van der Waals surface area contributed by atoms with Crippen LogP contribution in [0.4, 0.5) is 0 Å². The first-order valence-electron chi connectivity index (χ1n) is 1.30. The summed E-state index contributed by atoms with van der Waals surface area (Å²) in [5, 5.41) is 11.5. The molecule has 0 unspecified atom stereocenters. The first kappa shape index (κ1) is 22.5. The van der Waals surface area contributed by atoms with Crippen molar-refractivity contribution >= 4 is 73.0 Å². The molecule has 0 saturated carbocycles. The van der Waals surface area contributed by atoms with E-state index in [1.807, 2.05) is 20.4 Å². The number of hydrogen-bond donors (Lipinski definition) is 2. The van der Waals surface area contributed by atoms with Crippen molar-refractivity contribution in [2.24, 2.45) is 0 Å². The van der Waals surface area contributed by atoms with E-state index >= 15 is 0 Å². The molecule has 0 fully saturated rings. The molecular weight excluding hydrogens is 494 g/mol. The zero-order valence-electron chi connectivity index (χ0n) is 4.41. The molecular formula is C2H6BrIN4Pb. The van der Waals surface area contributed by atoms with Crippen LogP contribution < -0.4 is 0 Å². The molecule has 0 bridgehead atoms. The van der Waals surface area contributed by atoms with Crippen LogP contribution in [0.15, 0.2) is 0 Å². The molecule has 4 N–H and O–H groups in total. The maximum absolute atomic E-state index is 5.75. The van der Waals surface area contributed by atoms with Crippen LogP contribution in [0.5, 0.6) is 0 Å². The fourth-order valence-electron chi connectivity index (χ4n) is 0. The van der Waals surface area contributed by atoms with E-state index in [9.17, 15) is 0 Å². The molecule has 0 aromatic heterocycles. The van der Waals surface area contributed by atoms with Crippen molar-refractivity contribution in [2.45, 2.75) is 0 Å². The summed E-state index contributed by atoms with van der Waals surface area (Å²) in [5.41, 5.74) is 11.5. The van der Waals surface area contributed by atoms with Crippen LogP contribution in [-0.2, 0) is 0 Å². The van der Waals surface area contributed by atoms with E-state index in [1.165, 1.54) is 0 Å². The first-order valence-corrected chi connectivity index (χ1v) is 6.13. The van der Waals surface area contributed by atoms with Crippen molar-refractivity contribution in [1.82, 2.24) is 0 Å². The van der Waals surface area contributed by atoms with Crippen molar-refractivity contribution in [3.63, 3.8) is 0 Å². The third-order valence-corrected chi connectivity index (χ3v) is 0. The zero-order valence-corrected chi connectivity index (χ0v) is 12.0. The molecule has 0 aromatic rings. The summed E-state index contributed by atoms with van der Waals surface area (Å²) in [6.07, 6.45) is 1.00. The molecule has 9 heavy (non-hydrogen) atoms. The van der Waals surface area contributed by atoms with Crippen molar-refractivity contribution in [3.8, 4) is 0 Å². The second-order valence-electron chi connectivity index (χ2n) is 0.289. The Morgan fingerprint density at radius 2 is 1.11 bits per heavy atom. The Kier molecular flexibility index (Phi) is 156. The van der Waals surface area contributed by atoms with Gasteiger partial charge in [0, 0.05) is 20.4 Å². The summed E-state index contributed by atoms with van der Waals surface area (Å²) in [7, 11) is 0. The van der Waals surface area contributed by atoms with E-state index in [1.54, 1.807) is 0 Å². The zero-order chi connectivity index (χ0) is 7.41. The van der Waals surface area contributed by atoms with Crippen molar-refractivity contribution in [3.05, 3.63) is 11.5 Å². The third-order valence-electron chi connectivity index (χ3n) is 0. The van der Waals surface area contributed by atoms with E-state index in [-0.39, 0.29) is 27.3 Å². The predicted octanol–water partition coefficient (Wildman–Crippen LogP) is 2.64. The molecule has 0 aliphatic heterocycles. The molecule has 0 rings (SSSR count). The molecule has 0 aliphatic rings. The van der Waals surface area contributed by atoms with Crippen LogP contribution in [0.2, 0.25) is 0 Å². The van der Waals surface area contributed by atoms with Crippen molar-refractivity contribution in [1.29, 1.82) is 10.8 Å². The van der Waals surface area contributed by atoms with Crippen LogP contribution in [0.1, 0.15) is 0 Å². The quantitative estimate of drug-likeness (QED) is 0.222. The van der Waals surface area contributed by atoms with Gasteiger partial charge in [-0.05, 0) is 12.7 Å². The van der Waals surface area contributed by atoms with E-state index in [4.69, 9.17) is 22.3 Å². The van der Waals surface area contributed by atoms with Crippen LogP contribution in [0, 0.1) is 10.8 Å². The van der Waals surface area contributed by atoms with Gasteiger partial charge >= 0.3 is 27.3 Å². The summed E-state index contributed by atoms with van der Waals surface area (Å²) < 4.78 is 0.